The monoisotopic (exact) mass is 376 g/mol. The molecule has 0 spiro atoms. The number of benzene rings is 2. The van der Waals surface area contributed by atoms with Gasteiger partial charge in [-0.15, -0.1) is 0 Å². The maximum absolute atomic E-state index is 12.3. The summed E-state index contributed by atoms with van der Waals surface area (Å²) in [6.45, 7) is 0.762. The van der Waals surface area contributed by atoms with Crippen molar-refractivity contribution in [3.05, 3.63) is 71.3 Å². The lowest BCUT2D eigenvalue weighted by molar-refractivity contribution is -0.129. The topological polar surface area (TPSA) is 64.3 Å². The second-order valence-corrected chi connectivity index (χ2v) is 7.61. The normalized spacial score (nSPS) is 17.5. The molecule has 1 N–H and O–H groups in total. The summed E-state index contributed by atoms with van der Waals surface area (Å²) in [6, 6.07) is 20.1. The van der Waals surface area contributed by atoms with Gasteiger partial charge in [0.1, 0.15) is 0 Å². The lowest BCUT2D eigenvalue weighted by atomic mass is 10.0. The molecule has 1 fully saturated rings. The van der Waals surface area contributed by atoms with Crippen LogP contribution in [-0.4, -0.2) is 34.6 Å². The third-order valence-electron chi connectivity index (χ3n) is 5.55. The molecule has 2 atom stereocenters. The highest BCUT2D eigenvalue weighted by atomic mass is 16.3. The third-order valence-corrected chi connectivity index (χ3v) is 5.55. The Morgan fingerprint density at radius 1 is 1.11 bits per heavy atom. The average Bonchev–Trinajstić information content (AvgIpc) is 3.07. The van der Waals surface area contributed by atoms with Gasteiger partial charge in [0, 0.05) is 19.0 Å². The Kier molecular flexibility index (Phi) is 7.22. The highest BCUT2D eigenvalue weighted by Crippen LogP contribution is 2.24. The number of likely N-dealkylation sites (tertiary alicyclic amines) is 1. The van der Waals surface area contributed by atoms with E-state index in [9.17, 15) is 9.90 Å². The molecule has 0 bridgehead atoms. The van der Waals surface area contributed by atoms with Gasteiger partial charge in [0.15, 0.2) is 0 Å². The van der Waals surface area contributed by atoms with E-state index >= 15 is 0 Å². The predicted octanol–water partition coefficient (Wildman–Crippen LogP) is 3.87. The van der Waals surface area contributed by atoms with Gasteiger partial charge in [-0.1, -0.05) is 42.5 Å². The van der Waals surface area contributed by atoms with Crippen LogP contribution in [0.5, 0.6) is 0 Å². The highest BCUT2D eigenvalue weighted by Gasteiger charge is 2.30. The Bertz CT molecular complexity index is 796. The zero-order valence-electron chi connectivity index (χ0n) is 16.3. The first-order valence-electron chi connectivity index (χ1n) is 10.2. The Labute approximate surface area is 167 Å². The number of carbonyl (C=O) groups excluding carboxylic acids is 1. The van der Waals surface area contributed by atoms with Crippen LogP contribution in [0.4, 0.5) is 0 Å². The Morgan fingerprint density at radius 3 is 2.57 bits per heavy atom. The number of aliphatic hydroxyl groups excluding tert-OH is 1. The first-order chi connectivity index (χ1) is 13.7. The number of carbonyl (C=O) groups is 1. The molecule has 0 radical (unpaired) electrons. The van der Waals surface area contributed by atoms with Crippen LogP contribution in [0.3, 0.4) is 0 Å². The van der Waals surface area contributed by atoms with Crippen LogP contribution in [0, 0.1) is 11.3 Å². The van der Waals surface area contributed by atoms with Crippen molar-refractivity contribution in [2.45, 2.75) is 57.1 Å². The summed E-state index contributed by atoms with van der Waals surface area (Å²) in [5.41, 5.74) is 3.02. The molecule has 2 aromatic carbocycles. The molecule has 1 heterocycles. The minimum atomic E-state index is -0.362. The molecule has 1 aliphatic rings. The lowest BCUT2D eigenvalue weighted by Gasteiger charge is -2.26. The molecule has 28 heavy (non-hydrogen) atoms. The largest absolute Gasteiger partial charge is 0.393 e. The van der Waals surface area contributed by atoms with Crippen LogP contribution < -0.4 is 0 Å². The van der Waals surface area contributed by atoms with Crippen LogP contribution in [0.15, 0.2) is 54.6 Å². The van der Waals surface area contributed by atoms with E-state index in [0.29, 0.717) is 18.4 Å². The Balaban J connectivity index is 1.44. The number of rotatable bonds is 9. The summed E-state index contributed by atoms with van der Waals surface area (Å²) < 4.78 is 0. The average molecular weight is 377 g/mol. The van der Waals surface area contributed by atoms with Crippen LogP contribution in [0.25, 0.3) is 0 Å². The van der Waals surface area contributed by atoms with Crippen molar-refractivity contribution in [1.82, 2.24) is 4.90 Å². The molecule has 1 amide bonds. The van der Waals surface area contributed by atoms with Crippen molar-refractivity contribution in [2.75, 3.05) is 6.54 Å². The van der Waals surface area contributed by atoms with Crippen molar-refractivity contribution in [3.8, 4) is 6.07 Å². The fraction of sp³-hybridized carbons (Fsp3) is 0.417. The summed E-state index contributed by atoms with van der Waals surface area (Å²) in [4.78, 5) is 14.3. The molecule has 0 aromatic heterocycles. The van der Waals surface area contributed by atoms with Gasteiger partial charge in [-0.3, -0.25) is 4.79 Å². The molecular weight excluding hydrogens is 348 g/mol. The van der Waals surface area contributed by atoms with Gasteiger partial charge in [-0.2, -0.15) is 5.26 Å². The van der Waals surface area contributed by atoms with Crippen molar-refractivity contribution >= 4 is 5.91 Å². The predicted molar refractivity (Wildman–Crippen MR) is 110 cm³/mol. The van der Waals surface area contributed by atoms with Crippen molar-refractivity contribution < 1.29 is 9.90 Å². The number of nitrogens with zero attached hydrogens (tertiary/aromatic N) is 2. The van der Waals surface area contributed by atoms with E-state index in [2.05, 4.69) is 6.07 Å². The molecular formula is C24H28N2O2. The second kappa shape index (κ2) is 10.1. The van der Waals surface area contributed by atoms with E-state index in [1.807, 2.05) is 59.5 Å². The molecule has 2 unspecified atom stereocenters. The number of hydrogen-bond acceptors (Lipinski definition) is 3. The Morgan fingerprint density at radius 2 is 1.86 bits per heavy atom. The Hall–Kier alpha value is -2.64. The molecule has 4 nitrogen and oxygen atoms in total. The summed E-state index contributed by atoms with van der Waals surface area (Å²) in [5, 5.41) is 19.2. The fourth-order valence-electron chi connectivity index (χ4n) is 3.97. The maximum Gasteiger partial charge on any atom is 0.222 e. The van der Waals surface area contributed by atoms with Gasteiger partial charge in [0.2, 0.25) is 5.91 Å². The zero-order chi connectivity index (χ0) is 19.8. The fourth-order valence-corrected chi connectivity index (χ4v) is 3.97. The van der Waals surface area contributed by atoms with E-state index in [0.717, 1.165) is 44.2 Å². The smallest absolute Gasteiger partial charge is 0.222 e. The standard InChI is InChI=1S/C24H28N2O2/c25-18-21-10-8-19(9-11-21)7-4-16-26-22(13-15-24(26)28)12-14-23(27)17-20-5-2-1-3-6-20/h1-3,5-6,8-11,22-23,27H,4,7,12-17H2. The van der Waals surface area contributed by atoms with Gasteiger partial charge in [-0.25, -0.2) is 0 Å². The SMILES string of the molecule is N#Cc1ccc(CCCN2C(=O)CCC2CCC(O)Cc2ccccc2)cc1. The first kappa shape index (κ1) is 20.1. The lowest BCUT2D eigenvalue weighted by Crippen LogP contribution is -2.34. The van der Waals surface area contributed by atoms with Crippen molar-refractivity contribution in [1.29, 1.82) is 5.26 Å². The molecule has 2 aromatic rings. The quantitative estimate of drug-likeness (QED) is 0.723. The van der Waals surface area contributed by atoms with Crippen molar-refractivity contribution in [3.63, 3.8) is 0 Å². The van der Waals surface area contributed by atoms with E-state index in [1.165, 1.54) is 5.56 Å². The molecule has 1 aliphatic heterocycles. The van der Waals surface area contributed by atoms with Gasteiger partial charge in [0.05, 0.1) is 17.7 Å². The van der Waals surface area contributed by atoms with E-state index in [4.69, 9.17) is 5.26 Å². The molecule has 3 rings (SSSR count). The summed E-state index contributed by atoms with van der Waals surface area (Å²) in [6.07, 6.45) is 5.22. The number of amides is 1. The van der Waals surface area contributed by atoms with Crippen LogP contribution in [0.2, 0.25) is 0 Å². The van der Waals surface area contributed by atoms with Crippen LogP contribution in [-0.2, 0) is 17.6 Å². The van der Waals surface area contributed by atoms with Crippen LogP contribution in [0.1, 0.15) is 48.8 Å². The minimum Gasteiger partial charge on any atom is -0.393 e. The van der Waals surface area contributed by atoms with Gasteiger partial charge < -0.3 is 10.0 Å². The molecule has 146 valence electrons. The first-order valence-corrected chi connectivity index (χ1v) is 10.2. The number of aryl methyl sites for hydroxylation is 1. The molecule has 4 heteroatoms. The molecule has 0 saturated carbocycles. The van der Waals surface area contributed by atoms with E-state index in [1.54, 1.807) is 0 Å². The number of nitriles is 1. The molecule has 0 aliphatic carbocycles. The van der Waals surface area contributed by atoms with Crippen molar-refractivity contribution in [2.24, 2.45) is 0 Å². The van der Waals surface area contributed by atoms with Crippen LogP contribution >= 0.6 is 0 Å². The third kappa shape index (κ3) is 5.68. The van der Waals surface area contributed by atoms with Gasteiger partial charge in [-0.05, 0) is 61.8 Å². The summed E-state index contributed by atoms with van der Waals surface area (Å²) in [5.74, 6) is 0.238. The number of aliphatic hydroxyl groups is 1. The van der Waals surface area contributed by atoms with Gasteiger partial charge in [0.25, 0.3) is 0 Å². The second-order valence-electron chi connectivity index (χ2n) is 7.61. The summed E-state index contributed by atoms with van der Waals surface area (Å²) in [7, 11) is 0. The summed E-state index contributed by atoms with van der Waals surface area (Å²) >= 11 is 0. The van der Waals surface area contributed by atoms with E-state index < -0.39 is 0 Å². The zero-order valence-corrected chi connectivity index (χ0v) is 16.3. The minimum absolute atomic E-state index is 0.238. The molecule has 1 saturated heterocycles. The van der Waals surface area contributed by atoms with Gasteiger partial charge >= 0.3 is 0 Å². The van der Waals surface area contributed by atoms with E-state index in [-0.39, 0.29) is 18.1 Å². The maximum atomic E-state index is 12.3. The number of hydrogen-bond donors (Lipinski definition) is 1. The highest BCUT2D eigenvalue weighted by molar-refractivity contribution is 5.78.